The molecule has 44 heavy (non-hydrogen) atoms. The summed E-state index contributed by atoms with van der Waals surface area (Å²) in [5.41, 5.74) is 3.37. The zero-order chi connectivity index (χ0) is 31.1. The van der Waals surface area contributed by atoms with Gasteiger partial charge in [-0.15, -0.1) is 0 Å². The van der Waals surface area contributed by atoms with E-state index in [9.17, 15) is 18.8 Å². The van der Waals surface area contributed by atoms with Crippen molar-refractivity contribution in [3.63, 3.8) is 0 Å². The van der Waals surface area contributed by atoms with Crippen LogP contribution >= 0.6 is 0 Å². The van der Waals surface area contributed by atoms with E-state index < -0.39 is 29.5 Å². The van der Waals surface area contributed by atoms with Crippen molar-refractivity contribution in [2.24, 2.45) is 5.41 Å². The third-order valence-corrected chi connectivity index (χ3v) is 9.08. The Labute approximate surface area is 263 Å². The number of hydrogen-bond acceptors (Lipinski definition) is 6. The fourth-order valence-corrected chi connectivity index (χ4v) is 7.07. The normalized spacial score (nSPS) is 20.8. The van der Waals surface area contributed by atoms with Gasteiger partial charge in [0.1, 0.15) is 5.60 Å². The van der Waals surface area contributed by atoms with Crippen molar-refractivity contribution >= 4 is 39.9 Å². The van der Waals surface area contributed by atoms with Gasteiger partial charge in [-0.2, -0.15) is 0 Å². The van der Waals surface area contributed by atoms with Gasteiger partial charge in [0.05, 0.1) is 0 Å². The Morgan fingerprint density at radius 1 is 1.09 bits per heavy atom. The van der Waals surface area contributed by atoms with Crippen LogP contribution in [0, 0.1) is 11.2 Å². The number of alkyl halides is 1. The molecule has 4 aliphatic rings. The molecular formula is C32H32F2LiN5O4. The number of rotatable bonds is 5. The summed E-state index contributed by atoms with van der Waals surface area (Å²) >= 11 is 1.37. The molecule has 12 heteroatoms. The van der Waals surface area contributed by atoms with Crippen molar-refractivity contribution in [3.8, 4) is 11.1 Å². The number of halogens is 2. The van der Waals surface area contributed by atoms with Gasteiger partial charge in [0, 0.05) is 31.6 Å². The number of anilines is 1. The average molecular weight is 596 g/mol. The Balaban J connectivity index is 1.04. The number of likely N-dealkylation sites (tertiary alicyclic amines) is 1. The summed E-state index contributed by atoms with van der Waals surface area (Å²) in [5, 5.41) is 0. The second kappa shape index (κ2) is 10.2. The molecule has 2 aromatic carbocycles. The van der Waals surface area contributed by atoms with E-state index in [1.54, 1.807) is 15.5 Å². The van der Waals surface area contributed by atoms with E-state index in [1.807, 2.05) is 45.0 Å². The molecule has 224 valence electrons. The molecule has 0 N–H and O–H groups in total. The third-order valence-electron chi connectivity index (χ3n) is 9.08. The zero-order valence-corrected chi connectivity index (χ0v) is 25.3. The monoisotopic (exact) mass is 595 g/mol. The SMILES string of the molecule is [Li][C](=O)C(c1ncn2c1C[C@@H](F)C2)N1Cc2c(F)cc(-c3ccc(N4CC5(CN(C(=O)OC(C)(C)C)C5)C4)cc3)cc2C1=O. The Morgan fingerprint density at radius 3 is 2.45 bits per heavy atom. The molecule has 2 saturated heterocycles. The third kappa shape index (κ3) is 4.90. The van der Waals surface area contributed by atoms with Crippen molar-refractivity contribution in [2.75, 3.05) is 31.1 Å². The van der Waals surface area contributed by atoms with E-state index in [4.69, 9.17) is 4.74 Å². The van der Waals surface area contributed by atoms with Gasteiger partial charge in [0.25, 0.3) is 0 Å². The molecule has 1 aromatic heterocycles. The Hall–Kier alpha value is -3.68. The van der Waals surface area contributed by atoms with Gasteiger partial charge in [-0.3, -0.25) is 0 Å². The zero-order valence-electron chi connectivity index (χ0n) is 25.3. The minimum atomic E-state index is -1.06. The molecule has 2 fully saturated rings. The van der Waals surface area contributed by atoms with Crippen molar-refractivity contribution in [1.29, 1.82) is 0 Å². The Morgan fingerprint density at radius 2 is 1.80 bits per heavy atom. The predicted octanol–water partition coefficient (Wildman–Crippen LogP) is 4.03. The summed E-state index contributed by atoms with van der Waals surface area (Å²) in [6.07, 6.45) is 0.297. The summed E-state index contributed by atoms with van der Waals surface area (Å²) in [5.74, 6) is -0.955. The Kier molecular flexibility index (Phi) is 6.72. The number of carbonyl (C=O) groups excluding carboxylic acids is 3. The molecular weight excluding hydrogens is 563 g/mol. The number of aromatic nitrogens is 2. The van der Waals surface area contributed by atoms with Crippen LogP contribution in [0.1, 0.15) is 54.1 Å². The van der Waals surface area contributed by atoms with Gasteiger partial charge < -0.3 is 9.64 Å². The quantitative estimate of drug-likeness (QED) is 0.414. The first kappa shape index (κ1) is 29.1. The average Bonchev–Trinajstić information content (AvgIpc) is 3.55. The molecule has 0 bridgehead atoms. The fraction of sp³-hybridized carbons (Fsp3) is 0.438. The minimum absolute atomic E-state index is 0.0586. The number of amides is 2. The molecule has 1 unspecified atom stereocenters. The number of carbonyl (C=O) groups is 3. The second-order valence-corrected chi connectivity index (χ2v) is 13.7. The summed E-state index contributed by atoms with van der Waals surface area (Å²) in [6.45, 7) is 8.74. The molecule has 4 aliphatic heterocycles. The topological polar surface area (TPSA) is 88.0 Å². The predicted molar refractivity (Wildman–Crippen MR) is 158 cm³/mol. The molecule has 0 radical (unpaired) electrons. The molecule has 7 rings (SSSR count). The van der Waals surface area contributed by atoms with Crippen LogP contribution < -0.4 is 4.90 Å². The van der Waals surface area contributed by atoms with Gasteiger partial charge in [-0.05, 0) is 20.8 Å². The van der Waals surface area contributed by atoms with Crippen LogP contribution in [0.4, 0.5) is 19.3 Å². The van der Waals surface area contributed by atoms with Crippen molar-refractivity contribution < 1.29 is 27.9 Å². The van der Waals surface area contributed by atoms with Gasteiger partial charge >= 0.3 is 191 Å². The van der Waals surface area contributed by atoms with Crippen molar-refractivity contribution in [2.45, 2.75) is 58.1 Å². The number of benzene rings is 2. The molecule has 9 nitrogen and oxygen atoms in total. The van der Waals surface area contributed by atoms with Crippen molar-refractivity contribution in [3.05, 3.63) is 71.1 Å². The van der Waals surface area contributed by atoms with E-state index in [2.05, 4.69) is 9.88 Å². The number of nitrogens with zero attached hydrogens (tertiary/aromatic N) is 5. The molecule has 0 aliphatic carbocycles. The number of imidazole rings is 1. The number of hydrogen-bond donors (Lipinski definition) is 0. The summed E-state index contributed by atoms with van der Waals surface area (Å²) in [7, 11) is 0. The van der Waals surface area contributed by atoms with E-state index in [0.29, 0.717) is 30.0 Å². The Bertz CT molecular complexity index is 1690. The molecule has 5 heterocycles. The molecule has 3 aromatic rings. The van der Waals surface area contributed by atoms with Crippen LogP contribution in [-0.2, 0) is 29.0 Å². The summed E-state index contributed by atoms with van der Waals surface area (Å²) in [4.78, 5) is 48.4. The van der Waals surface area contributed by atoms with Crippen LogP contribution in [0.2, 0.25) is 0 Å². The van der Waals surface area contributed by atoms with Crippen LogP contribution in [0.25, 0.3) is 11.1 Å². The van der Waals surface area contributed by atoms with Gasteiger partial charge in [-0.1, -0.05) is 0 Å². The molecule has 2 amide bonds. The molecule has 1 spiro atoms. The van der Waals surface area contributed by atoms with Crippen LogP contribution in [0.15, 0.2) is 42.7 Å². The van der Waals surface area contributed by atoms with Gasteiger partial charge in [0.2, 0.25) is 0 Å². The summed E-state index contributed by atoms with van der Waals surface area (Å²) < 4.78 is 36.4. The van der Waals surface area contributed by atoms with E-state index in [1.165, 1.54) is 35.0 Å². The molecule has 2 atom stereocenters. The van der Waals surface area contributed by atoms with Gasteiger partial charge in [-0.25, -0.2) is 4.79 Å². The maximum atomic E-state index is 15.5. The van der Waals surface area contributed by atoms with Crippen molar-refractivity contribution in [1.82, 2.24) is 19.4 Å². The van der Waals surface area contributed by atoms with Gasteiger partial charge in [0.15, 0.2) is 0 Å². The first-order chi connectivity index (χ1) is 20.8. The summed E-state index contributed by atoms with van der Waals surface area (Å²) in [6, 6.07) is 9.88. The maximum absolute atomic E-state index is 15.5. The van der Waals surface area contributed by atoms with Crippen LogP contribution in [0.3, 0.4) is 0 Å². The molecule has 0 saturated carbocycles. The number of fused-ring (bicyclic) bond motifs is 2. The van der Waals surface area contributed by atoms with E-state index in [-0.39, 0.29) is 46.6 Å². The van der Waals surface area contributed by atoms with E-state index in [0.717, 1.165) is 24.3 Å². The van der Waals surface area contributed by atoms with Crippen LogP contribution in [0.5, 0.6) is 0 Å². The number of ether oxygens (including phenoxy) is 1. The van der Waals surface area contributed by atoms with E-state index >= 15 is 4.39 Å². The fourth-order valence-electron chi connectivity index (χ4n) is 7.07. The second-order valence-electron chi connectivity index (χ2n) is 13.7. The first-order valence-electron chi connectivity index (χ1n) is 15.0. The first-order valence-corrected chi connectivity index (χ1v) is 15.0. The van der Waals surface area contributed by atoms with Crippen LogP contribution in [-0.4, -0.2) is 91.5 Å². The standard InChI is InChI=1S/C32H32F2N5O4.Li/c1-31(2,3)43-30(42)38-16-32(17-38)14-37(15-32)22-6-4-19(5-7-22)20-8-23-24(25(34)9-20)12-39(29(23)41)27(13-40)28-26-10-21(33)11-36(26)18-35-28;/h4-9,18,21,27H,10-12,14-17H2,1-3H3;/t21-,27?;/m1./s1.